The highest BCUT2D eigenvalue weighted by molar-refractivity contribution is 5.32. The van der Waals surface area contributed by atoms with Gasteiger partial charge in [0, 0.05) is 25.5 Å². The van der Waals surface area contributed by atoms with Gasteiger partial charge in [-0.1, -0.05) is 24.3 Å². The SMILES string of the molecule is COC1CCCC(O)(C2(CN)CCc3ccccc3C2)C1. The monoisotopic (exact) mass is 289 g/mol. The van der Waals surface area contributed by atoms with Crippen molar-refractivity contribution in [3.63, 3.8) is 0 Å². The molecule has 0 amide bonds. The molecule has 0 radical (unpaired) electrons. The Hall–Kier alpha value is -0.900. The number of rotatable bonds is 3. The summed E-state index contributed by atoms with van der Waals surface area (Å²) in [5, 5.41) is 11.4. The lowest BCUT2D eigenvalue weighted by molar-refractivity contribution is -0.142. The molecule has 1 fully saturated rings. The van der Waals surface area contributed by atoms with Crippen LogP contribution >= 0.6 is 0 Å². The predicted molar refractivity (Wildman–Crippen MR) is 84.2 cm³/mol. The third-order valence-corrected chi connectivity index (χ3v) is 5.91. The van der Waals surface area contributed by atoms with E-state index in [0.717, 1.165) is 44.9 Å². The second-order valence-electron chi connectivity index (χ2n) is 6.92. The molecule has 3 unspecified atom stereocenters. The molecule has 3 rings (SSSR count). The maximum atomic E-state index is 11.4. The number of hydrogen-bond acceptors (Lipinski definition) is 3. The minimum absolute atomic E-state index is 0.171. The topological polar surface area (TPSA) is 55.5 Å². The molecule has 1 aromatic carbocycles. The first-order valence-corrected chi connectivity index (χ1v) is 8.14. The Kier molecular flexibility index (Phi) is 4.08. The second-order valence-corrected chi connectivity index (χ2v) is 6.92. The van der Waals surface area contributed by atoms with Crippen LogP contribution in [0.5, 0.6) is 0 Å². The van der Waals surface area contributed by atoms with Crippen LogP contribution in [0.3, 0.4) is 0 Å². The van der Waals surface area contributed by atoms with E-state index in [-0.39, 0.29) is 11.5 Å². The first-order chi connectivity index (χ1) is 10.1. The van der Waals surface area contributed by atoms with Gasteiger partial charge in [-0.25, -0.2) is 0 Å². The van der Waals surface area contributed by atoms with Gasteiger partial charge in [0.05, 0.1) is 11.7 Å². The van der Waals surface area contributed by atoms with Gasteiger partial charge in [-0.3, -0.25) is 0 Å². The molecule has 3 nitrogen and oxygen atoms in total. The summed E-state index contributed by atoms with van der Waals surface area (Å²) in [5.74, 6) is 0. The summed E-state index contributed by atoms with van der Waals surface area (Å²) in [6.45, 7) is 0.550. The van der Waals surface area contributed by atoms with Gasteiger partial charge in [-0.2, -0.15) is 0 Å². The zero-order valence-electron chi connectivity index (χ0n) is 13.0. The molecule has 0 bridgehead atoms. The molecular weight excluding hydrogens is 262 g/mol. The van der Waals surface area contributed by atoms with Crippen molar-refractivity contribution < 1.29 is 9.84 Å². The molecule has 3 heteroatoms. The Morgan fingerprint density at radius 3 is 2.76 bits per heavy atom. The Morgan fingerprint density at radius 1 is 1.29 bits per heavy atom. The van der Waals surface area contributed by atoms with Crippen LogP contribution in [0.15, 0.2) is 24.3 Å². The average molecular weight is 289 g/mol. The molecule has 0 heterocycles. The van der Waals surface area contributed by atoms with Crippen molar-refractivity contribution >= 4 is 0 Å². The summed E-state index contributed by atoms with van der Waals surface area (Å²) in [7, 11) is 1.75. The van der Waals surface area contributed by atoms with E-state index in [9.17, 15) is 5.11 Å². The van der Waals surface area contributed by atoms with Crippen molar-refractivity contribution in [1.82, 2.24) is 0 Å². The van der Waals surface area contributed by atoms with Crippen molar-refractivity contribution in [2.75, 3.05) is 13.7 Å². The average Bonchev–Trinajstić information content (AvgIpc) is 2.54. The molecule has 0 saturated heterocycles. The van der Waals surface area contributed by atoms with Crippen LogP contribution in [0.4, 0.5) is 0 Å². The van der Waals surface area contributed by atoms with Crippen LogP contribution in [0.1, 0.15) is 43.2 Å². The first-order valence-electron chi connectivity index (χ1n) is 8.14. The van der Waals surface area contributed by atoms with E-state index >= 15 is 0 Å². The van der Waals surface area contributed by atoms with Crippen molar-refractivity contribution in [2.45, 2.75) is 56.7 Å². The highest BCUT2D eigenvalue weighted by atomic mass is 16.5. The van der Waals surface area contributed by atoms with Gasteiger partial charge in [-0.15, -0.1) is 0 Å². The molecule has 0 aliphatic heterocycles. The standard InChI is InChI=1S/C18H27NO2/c1-21-16-7-4-9-18(20,12-16)17(13-19)10-8-14-5-2-3-6-15(14)11-17/h2-3,5-6,16,20H,4,7-13,19H2,1H3. The normalized spacial score (nSPS) is 36.2. The molecule has 0 spiro atoms. The van der Waals surface area contributed by atoms with Crippen molar-refractivity contribution in [2.24, 2.45) is 11.1 Å². The molecular formula is C18H27NO2. The molecule has 116 valence electrons. The van der Waals surface area contributed by atoms with Crippen LogP contribution in [0.2, 0.25) is 0 Å². The van der Waals surface area contributed by atoms with Gasteiger partial charge in [0.15, 0.2) is 0 Å². The first kappa shape index (κ1) is 15.0. The fraction of sp³-hybridized carbons (Fsp3) is 0.667. The Balaban J connectivity index is 1.91. The highest BCUT2D eigenvalue weighted by Crippen LogP contribution is 2.49. The maximum Gasteiger partial charge on any atom is 0.0743 e. The number of ether oxygens (including phenoxy) is 1. The van der Waals surface area contributed by atoms with E-state index in [1.165, 1.54) is 11.1 Å². The van der Waals surface area contributed by atoms with Crippen molar-refractivity contribution in [3.05, 3.63) is 35.4 Å². The number of nitrogens with two attached hydrogens (primary N) is 1. The minimum atomic E-state index is -0.686. The van der Waals surface area contributed by atoms with Crippen LogP contribution in [0, 0.1) is 5.41 Å². The lowest BCUT2D eigenvalue weighted by Crippen LogP contribution is -2.58. The molecule has 3 N–H and O–H groups in total. The van der Waals surface area contributed by atoms with E-state index in [2.05, 4.69) is 24.3 Å². The summed E-state index contributed by atoms with van der Waals surface area (Å²) in [5.41, 5.74) is 8.10. The van der Waals surface area contributed by atoms with Gasteiger partial charge in [0.1, 0.15) is 0 Å². The maximum absolute atomic E-state index is 11.4. The number of benzene rings is 1. The molecule has 1 aromatic rings. The van der Waals surface area contributed by atoms with Gasteiger partial charge in [0.2, 0.25) is 0 Å². The van der Waals surface area contributed by atoms with Gasteiger partial charge >= 0.3 is 0 Å². The molecule has 1 saturated carbocycles. The van der Waals surface area contributed by atoms with E-state index in [4.69, 9.17) is 10.5 Å². The smallest absolute Gasteiger partial charge is 0.0743 e. The predicted octanol–water partition coefficient (Wildman–Crippen LogP) is 2.44. The van der Waals surface area contributed by atoms with Gasteiger partial charge < -0.3 is 15.6 Å². The van der Waals surface area contributed by atoms with Crippen LogP contribution in [-0.2, 0) is 17.6 Å². The summed E-state index contributed by atoms with van der Waals surface area (Å²) in [6.07, 6.45) is 6.72. The van der Waals surface area contributed by atoms with E-state index in [1.54, 1.807) is 7.11 Å². The summed E-state index contributed by atoms with van der Waals surface area (Å²) < 4.78 is 5.54. The summed E-state index contributed by atoms with van der Waals surface area (Å²) in [4.78, 5) is 0. The fourth-order valence-electron chi connectivity index (χ4n) is 4.45. The summed E-state index contributed by atoms with van der Waals surface area (Å²) in [6, 6.07) is 8.59. The van der Waals surface area contributed by atoms with E-state index < -0.39 is 5.60 Å². The largest absolute Gasteiger partial charge is 0.389 e. The molecule has 0 aromatic heterocycles. The Labute approximate surface area is 127 Å². The number of methoxy groups -OCH3 is 1. The number of aliphatic hydroxyl groups is 1. The molecule has 3 atom stereocenters. The molecule has 2 aliphatic rings. The van der Waals surface area contributed by atoms with Crippen LogP contribution in [-0.4, -0.2) is 30.5 Å². The third-order valence-electron chi connectivity index (χ3n) is 5.91. The number of hydrogen-bond donors (Lipinski definition) is 2. The van der Waals surface area contributed by atoms with Gasteiger partial charge in [-0.05, 0) is 49.7 Å². The lowest BCUT2D eigenvalue weighted by Gasteiger charge is -2.52. The summed E-state index contributed by atoms with van der Waals surface area (Å²) >= 11 is 0. The van der Waals surface area contributed by atoms with Crippen molar-refractivity contribution in [1.29, 1.82) is 0 Å². The quantitative estimate of drug-likeness (QED) is 0.898. The Morgan fingerprint density at radius 2 is 2.05 bits per heavy atom. The lowest BCUT2D eigenvalue weighted by atomic mass is 9.57. The van der Waals surface area contributed by atoms with Crippen LogP contribution < -0.4 is 5.73 Å². The zero-order valence-corrected chi connectivity index (χ0v) is 13.0. The zero-order chi connectivity index (χ0) is 14.9. The van der Waals surface area contributed by atoms with Crippen molar-refractivity contribution in [3.8, 4) is 0 Å². The third kappa shape index (κ3) is 2.52. The van der Waals surface area contributed by atoms with Crippen LogP contribution in [0.25, 0.3) is 0 Å². The molecule has 21 heavy (non-hydrogen) atoms. The second kappa shape index (κ2) is 5.71. The highest BCUT2D eigenvalue weighted by Gasteiger charge is 2.52. The molecule has 2 aliphatic carbocycles. The number of fused-ring (bicyclic) bond motifs is 1. The van der Waals surface area contributed by atoms with E-state index in [0.29, 0.717) is 6.54 Å². The fourth-order valence-corrected chi connectivity index (χ4v) is 4.45. The van der Waals surface area contributed by atoms with E-state index in [1.807, 2.05) is 0 Å². The Bertz CT molecular complexity index is 504. The minimum Gasteiger partial charge on any atom is -0.389 e. The number of aryl methyl sites for hydroxylation is 1. The van der Waals surface area contributed by atoms with Gasteiger partial charge in [0.25, 0.3) is 0 Å².